The van der Waals surface area contributed by atoms with E-state index in [9.17, 15) is 4.79 Å². The van der Waals surface area contributed by atoms with E-state index in [0.717, 1.165) is 29.7 Å². The van der Waals surface area contributed by atoms with Crippen molar-refractivity contribution in [2.45, 2.75) is 12.8 Å². The minimum absolute atomic E-state index is 0.0298. The highest BCUT2D eigenvalue weighted by atomic mass is 35.5. The average Bonchev–Trinajstić information content (AvgIpc) is 3.05. The summed E-state index contributed by atoms with van der Waals surface area (Å²) in [5.74, 6) is 0.676. The molecule has 1 aromatic carbocycles. The van der Waals surface area contributed by atoms with Gasteiger partial charge in [-0.2, -0.15) is 0 Å². The predicted molar refractivity (Wildman–Crippen MR) is 101 cm³/mol. The second-order valence-electron chi connectivity index (χ2n) is 6.30. The molecule has 1 atom stereocenters. The molecule has 6 heteroatoms. The van der Waals surface area contributed by atoms with Gasteiger partial charge in [0.05, 0.1) is 18.1 Å². The number of pyridine rings is 1. The van der Waals surface area contributed by atoms with Crippen molar-refractivity contribution in [2.75, 3.05) is 11.4 Å². The van der Waals surface area contributed by atoms with Crippen LogP contribution in [0.5, 0.6) is 0 Å². The maximum absolute atomic E-state index is 12.8. The van der Waals surface area contributed by atoms with Crippen LogP contribution in [0.4, 0.5) is 5.82 Å². The van der Waals surface area contributed by atoms with Crippen LogP contribution >= 0.6 is 11.6 Å². The number of hydrogen-bond donors (Lipinski definition) is 0. The van der Waals surface area contributed by atoms with Crippen molar-refractivity contribution in [3.05, 3.63) is 71.8 Å². The molecule has 3 aromatic rings. The molecule has 130 valence electrons. The van der Waals surface area contributed by atoms with E-state index in [1.165, 1.54) is 0 Å². The van der Waals surface area contributed by atoms with Gasteiger partial charge in [0, 0.05) is 35.4 Å². The zero-order valence-corrected chi connectivity index (χ0v) is 14.8. The summed E-state index contributed by atoms with van der Waals surface area (Å²) in [5.41, 5.74) is 2.83. The van der Waals surface area contributed by atoms with Gasteiger partial charge >= 0.3 is 0 Å². The maximum Gasteiger partial charge on any atom is 0.231 e. The van der Waals surface area contributed by atoms with Crippen LogP contribution in [0.15, 0.2) is 61.2 Å². The molecule has 4 rings (SSSR count). The summed E-state index contributed by atoms with van der Waals surface area (Å²) >= 11 is 5.92. The quantitative estimate of drug-likeness (QED) is 0.706. The first kappa shape index (κ1) is 16.7. The van der Waals surface area contributed by atoms with Crippen LogP contribution in [0, 0.1) is 5.92 Å². The smallest absolute Gasteiger partial charge is 0.231 e. The Labute approximate surface area is 156 Å². The van der Waals surface area contributed by atoms with Crippen molar-refractivity contribution in [2.24, 2.45) is 5.92 Å². The summed E-state index contributed by atoms with van der Waals surface area (Å²) in [6.45, 7) is 0.667. The topological polar surface area (TPSA) is 59.0 Å². The van der Waals surface area contributed by atoms with Gasteiger partial charge in [0.1, 0.15) is 0 Å². The number of anilines is 1. The van der Waals surface area contributed by atoms with Gasteiger partial charge in [-0.3, -0.25) is 19.7 Å². The third kappa shape index (κ3) is 3.44. The lowest BCUT2D eigenvalue weighted by molar-refractivity contribution is -0.120. The Morgan fingerprint density at radius 3 is 2.50 bits per heavy atom. The zero-order valence-electron chi connectivity index (χ0n) is 14.0. The molecule has 1 aliphatic rings. The fourth-order valence-corrected chi connectivity index (χ4v) is 3.32. The molecular formula is C20H17ClN4O. The number of nitrogens with zero attached hydrogens (tertiary/aromatic N) is 4. The molecule has 1 aliphatic heterocycles. The normalized spacial score (nSPS) is 16.9. The molecule has 1 amide bonds. The highest BCUT2D eigenvalue weighted by Gasteiger charge is 2.33. The number of rotatable bonds is 4. The lowest BCUT2D eigenvalue weighted by Gasteiger charge is -2.15. The Morgan fingerprint density at radius 2 is 1.81 bits per heavy atom. The first-order valence-corrected chi connectivity index (χ1v) is 8.87. The van der Waals surface area contributed by atoms with E-state index < -0.39 is 0 Å². The number of carbonyl (C=O) groups is 1. The van der Waals surface area contributed by atoms with E-state index in [4.69, 9.17) is 11.6 Å². The van der Waals surface area contributed by atoms with Gasteiger partial charge in [-0.05, 0) is 42.7 Å². The van der Waals surface area contributed by atoms with Crippen LogP contribution in [-0.2, 0) is 11.2 Å². The molecule has 1 fully saturated rings. The average molecular weight is 365 g/mol. The predicted octanol–water partition coefficient (Wildman–Crippen LogP) is 3.79. The fourth-order valence-electron chi connectivity index (χ4n) is 3.19. The highest BCUT2D eigenvalue weighted by molar-refractivity contribution is 6.30. The highest BCUT2D eigenvalue weighted by Crippen LogP contribution is 2.27. The van der Waals surface area contributed by atoms with E-state index in [2.05, 4.69) is 15.0 Å². The maximum atomic E-state index is 12.8. The van der Waals surface area contributed by atoms with Gasteiger partial charge in [-0.1, -0.05) is 23.7 Å². The third-order valence-corrected chi connectivity index (χ3v) is 4.85. The minimum atomic E-state index is -0.0298. The van der Waals surface area contributed by atoms with Crippen molar-refractivity contribution in [3.8, 4) is 11.3 Å². The van der Waals surface area contributed by atoms with Crippen molar-refractivity contribution in [3.63, 3.8) is 0 Å². The summed E-state index contributed by atoms with van der Waals surface area (Å²) in [4.78, 5) is 27.4. The Balaban J connectivity index is 1.47. The van der Waals surface area contributed by atoms with Crippen LogP contribution in [0.3, 0.4) is 0 Å². The van der Waals surface area contributed by atoms with E-state index in [1.807, 2.05) is 36.4 Å². The van der Waals surface area contributed by atoms with E-state index in [0.29, 0.717) is 17.4 Å². The van der Waals surface area contributed by atoms with E-state index >= 15 is 0 Å². The van der Waals surface area contributed by atoms with Gasteiger partial charge in [0.25, 0.3) is 0 Å². The number of amides is 1. The Kier molecular flexibility index (Phi) is 4.63. The van der Waals surface area contributed by atoms with Gasteiger partial charge < -0.3 is 0 Å². The first-order chi connectivity index (χ1) is 12.7. The molecule has 2 aromatic heterocycles. The van der Waals surface area contributed by atoms with Crippen molar-refractivity contribution < 1.29 is 4.79 Å². The lowest BCUT2D eigenvalue weighted by Crippen LogP contribution is -2.28. The molecule has 0 bridgehead atoms. The number of hydrogen-bond acceptors (Lipinski definition) is 4. The SMILES string of the molecule is O=C1[C@H](Cc2ccc(Cl)cc2)CCN1c1cnc(-c2ccncc2)cn1. The van der Waals surface area contributed by atoms with Gasteiger partial charge in [0.2, 0.25) is 5.91 Å². The van der Waals surface area contributed by atoms with Crippen molar-refractivity contribution in [1.82, 2.24) is 15.0 Å². The fraction of sp³-hybridized carbons (Fsp3) is 0.200. The second kappa shape index (κ2) is 7.22. The van der Waals surface area contributed by atoms with E-state index in [1.54, 1.807) is 29.7 Å². The lowest BCUT2D eigenvalue weighted by atomic mass is 9.98. The molecular weight excluding hydrogens is 348 g/mol. The van der Waals surface area contributed by atoms with Crippen LogP contribution in [0.2, 0.25) is 5.02 Å². The van der Waals surface area contributed by atoms with Gasteiger partial charge in [-0.15, -0.1) is 0 Å². The summed E-state index contributed by atoms with van der Waals surface area (Å²) in [6, 6.07) is 11.4. The second-order valence-corrected chi connectivity index (χ2v) is 6.74. The van der Waals surface area contributed by atoms with E-state index in [-0.39, 0.29) is 11.8 Å². The minimum Gasteiger partial charge on any atom is -0.295 e. The number of aromatic nitrogens is 3. The standard InChI is InChI=1S/C20H17ClN4O/c21-17-3-1-14(2-4-17)11-16-7-10-25(20(16)26)19-13-23-18(12-24-19)15-5-8-22-9-6-15/h1-6,8-9,12-13,16H,7,10-11H2/t16-/m0/s1. The molecule has 0 N–H and O–H groups in total. The van der Waals surface area contributed by atoms with Gasteiger partial charge in [0.15, 0.2) is 5.82 Å². The molecule has 3 heterocycles. The summed E-state index contributed by atoms with van der Waals surface area (Å²) < 4.78 is 0. The van der Waals surface area contributed by atoms with Crippen LogP contribution in [-0.4, -0.2) is 27.4 Å². The Hall–Kier alpha value is -2.79. The number of halogens is 1. The monoisotopic (exact) mass is 364 g/mol. The molecule has 0 radical (unpaired) electrons. The zero-order chi connectivity index (χ0) is 17.9. The van der Waals surface area contributed by atoms with Crippen LogP contribution in [0.25, 0.3) is 11.3 Å². The summed E-state index contributed by atoms with van der Waals surface area (Å²) in [5, 5.41) is 0.706. The molecule has 5 nitrogen and oxygen atoms in total. The van der Waals surface area contributed by atoms with Crippen LogP contribution < -0.4 is 4.90 Å². The van der Waals surface area contributed by atoms with Crippen LogP contribution in [0.1, 0.15) is 12.0 Å². The Morgan fingerprint density at radius 1 is 1.04 bits per heavy atom. The molecule has 0 saturated carbocycles. The Bertz CT molecular complexity index is 897. The molecule has 26 heavy (non-hydrogen) atoms. The molecule has 0 spiro atoms. The number of benzene rings is 1. The summed E-state index contributed by atoms with van der Waals surface area (Å²) in [6.07, 6.45) is 8.33. The summed E-state index contributed by atoms with van der Waals surface area (Å²) in [7, 11) is 0. The molecule has 0 aliphatic carbocycles. The number of carbonyl (C=O) groups excluding carboxylic acids is 1. The largest absolute Gasteiger partial charge is 0.295 e. The molecule has 1 saturated heterocycles. The van der Waals surface area contributed by atoms with Gasteiger partial charge in [-0.25, -0.2) is 4.98 Å². The molecule has 0 unspecified atom stereocenters. The van der Waals surface area contributed by atoms with Crippen molar-refractivity contribution >= 4 is 23.3 Å². The third-order valence-electron chi connectivity index (χ3n) is 4.60. The van der Waals surface area contributed by atoms with Crippen molar-refractivity contribution in [1.29, 1.82) is 0 Å². The first-order valence-electron chi connectivity index (χ1n) is 8.49.